The van der Waals surface area contributed by atoms with E-state index >= 15 is 0 Å². The van der Waals surface area contributed by atoms with Crippen molar-refractivity contribution in [1.82, 2.24) is 4.98 Å². The molecule has 84 valence electrons. The van der Waals surface area contributed by atoms with E-state index in [9.17, 15) is 13.2 Å². The number of alkyl halides is 3. The number of aromatic nitrogens is 1. The smallest absolute Gasteiger partial charge is 0.503 e. The van der Waals surface area contributed by atoms with Crippen molar-refractivity contribution in [3.05, 3.63) is 11.8 Å². The van der Waals surface area contributed by atoms with Gasteiger partial charge in [0.15, 0.2) is 5.75 Å². The SMILES string of the molecule is NCc1nc(OC(F)(F)F)c(O)cc1N. The molecule has 1 heterocycles. The van der Waals surface area contributed by atoms with Gasteiger partial charge >= 0.3 is 6.36 Å². The van der Waals surface area contributed by atoms with E-state index in [0.717, 1.165) is 6.07 Å². The van der Waals surface area contributed by atoms with Crippen LogP contribution in [0.3, 0.4) is 0 Å². The summed E-state index contributed by atoms with van der Waals surface area (Å²) in [6.07, 6.45) is -4.92. The molecule has 0 fully saturated rings. The number of ether oxygens (including phenoxy) is 1. The third-order valence-electron chi connectivity index (χ3n) is 1.49. The van der Waals surface area contributed by atoms with E-state index in [2.05, 4.69) is 9.72 Å². The minimum Gasteiger partial charge on any atom is -0.503 e. The van der Waals surface area contributed by atoms with Crippen LogP contribution in [0, 0.1) is 0 Å². The minimum atomic E-state index is -4.92. The lowest BCUT2D eigenvalue weighted by Crippen LogP contribution is -2.19. The van der Waals surface area contributed by atoms with E-state index in [0.29, 0.717) is 0 Å². The fourth-order valence-corrected chi connectivity index (χ4v) is 0.885. The third-order valence-corrected chi connectivity index (χ3v) is 1.49. The van der Waals surface area contributed by atoms with Crippen LogP contribution in [0.4, 0.5) is 18.9 Å². The minimum absolute atomic E-state index is 0.00419. The summed E-state index contributed by atoms with van der Waals surface area (Å²) in [6.45, 7) is -0.152. The van der Waals surface area contributed by atoms with Crippen LogP contribution in [-0.2, 0) is 6.54 Å². The highest BCUT2D eigenvalue weighted by Crippen LogP contribution is 2.31. The number of nitrogen functional groups attached to an aromatic ring is 1. The van der Waals surface area contributed by atoms with Crippen molar-refractivity contribution in [3.8, 4) is 11.6 Å². The summed E-state index contributed by atoms with van der Waals surface area (Å²) in [7, 11) is 0. The molecule has 0 bridgehead atoms. The predicted octanol–water partition coefficient (Wildman–Crippen LogP) is 0.727. The van der Waals surface area contributed by atoms with Crippen molar-refractivity contribution in [2.24, 2.45) is 5.73 Å². The second-order valence-corrected chi connectivity index (χ2v) is 2.60. The van der Waals surface area contributed by atoms with Crippen molar-refractivity contribution in [1.29, 1.82) is 0 Å². The molecule has 0 saturated carbocycles. The number of halogens is 3. The van der Waals surface area contributed by atoms with Gasteiger partial charge in [-0.05, 0) is 0 Å². The monoisotopic (exact) mass is 223 g/mol. The molecular weight excluding hydrogens is 215 g/mol. The molecule has 5 N–H and O–H groups in total. The zero-order valence-corrected chi connectivity index (χ0v) is 7.38. The normalized spacial score (nSPS) is 11.5. The molecule has 0 radical (unpaired) electrons. The van der Waals surface area contributed by atoms with E-state index in [4.69, 9.17) is 16.6 Å². The first-order valence-corrected chi connectivity index (χ1v) is 3.77. The standard InChI is InChI=1S/C7H8F3N3O2/c8-7(9,10)15-6-5(14)1-3(12)4(2-11)13-6/h1,14H,2,11-12H2. The number of pyridine rings is 1. The lowest BCUT2D eigenvalue weighted by Gasteiger charge is -2.11. The van der Waals surface area contributed by atoms with E-state index in [1.807, 2.05) is 0 Å². The van der Waals surface area contributed by atoms with Gasteiger partial charge in [0.1, 0.15) is 0 Å². The molecule has 0 atom stereocenters. The van der Waals surface area contributed by atoms with Gasteiger partial charge in [0.05, 0.1) is 11.4 Å². The van der Waals surface area contributed by atoms with Crippen LogP contribution in [0.2, 0.25) is 0 Å². The largest absolute Gasteiger partial charge is 0.574 e. The van der Waals surface area contributed by atoms with Crippen molar-refractivity contribution in [2.45, 2.75) is 12.9 Å². The van der Waals surface area contributed by atoms with Gasteiger partial charge in [-0.1, -0.05) is 0 Å². The van der Waals surface area contributed by atoms with Gasteiger partial charge in [0.2, 0.25) is 0 Å². The molecule has 0 unspecified atom stereocenters. The van der Waals surface area contributed by atoms with Gasteiger partial charge in [-0.2, -0.15) is 0 Å². The van der Waals surface area contributed by atoms with Crippen molar-refractivity contribution < 1.29 is 23.0 Å². The third kappa shape index (κ3) is 2.88. The highest BCUT2D eigenvalue weighted by Gasteiger charge is 2.33. The molecule has 0 spiro atoms. The molecule has 0 saturated heterocycles. The maximum absolute atomic E-state index is 11.8. The molecule has 0 aliphatic carbocycles. The van der Waals surface area contributed by atoms with Crippen LogP contribution in [0.1, 0.15) is 5.69 Å². The zero-order valence-electron chi connectivity index (χ0n) is 7.38. The van der Waals surface area contributed by atoms with Gasteiger partial charge in [0, 0.05) is 12.6 Å². The van der Waals surface area contributed by atoms with Crippen LogP contribution in [-0.4, -0.2) is 16.5 Å². The van der Waals surface area contributed by atoms with Gasteiger partial charge in [-0.15, -0.1) is 13.2 Å². The van der Waals surface area contributed by atoms with Gasteiger partial charge in [-0.25, -0.2) is 4.98 Å². The Morgan fingerprint density at radius 1 is 1.47 bits per heavy atom. The van der Waals surface area contributed by atoms with Gasteiger partial charge in [0.25, 0.3) is 5.88 Å². The van der Waals surface area contributed by atoms with Crippen LogP contribution in [0.5, 0.6) is 11.6 Å². The summed E-state index contributed by atoms with van der Waals surface area (Å²) in [5, 5.41) is 9.07. The first-order chi connectivity index (χ1) is 6.83. The average Bonchev–Trinajstić information content (AvgIpc) is 2.07. The summed E-state index contributed by atoms with van der Waals surface area (Å²) in [5.74, 6) is -1.75. The number of hydrogen-bond donors (Lipinski definition) is 3. The summed E-state index contributed by atoms with van der Waals surface area (Å²) < 4.78 is 38.9. The molecular formula is C7H8F3N3O2. The molecule has 0 aliphatic rings. The second-order valence-electron chi connectivity index (χ2n) is 2.60. The fraction of sp³-hybridized carbons (Fsp3) is 0.286. The Morgan fingerprint density at radius 2 is 2.07 bits per heavy atom. The average molecular weight is 223 g/mol. The summed E-state index contributed by atoms with van der Waals surface area (Å²) in [5.41, 5.74) is 10.5. The molecule has 1 rings (SSSR count). The van der Waals surface area contributed by atoms with Crippen LogP contribution in [0.15, 0.2) is 6.07 Å². The Morgan fingerprint density at radius 3 is 2.53 bits per heavy atom. The van der Waals surface area contributed by atoms with Crippen molar-refractivity contribution in [2.75, 3.05) is 5.73 Å². The highest BCUT2D eigenvalue weighted by molar-refractivity contribution is 5.51. The quantitative estimate of drug-likeness (QED) is 0.686. The number of hydrogen-bond acceptors (Lipinski definition) is 5. The topological polar surface area (TPSA) is 94.4 Å². The molecule has 1 aromatic rings. The Labute approximate surface area is 82.5 Å². The first kappa shape index (κ1) is 11.4. The molecule has 1 aromatic heterocycles. The first-order valence-electron chi connectivity index (χ1n) is 3.77. The summed E-state index contributed by atoms with van der Waals surface area (Å²) in [6, 6.07) is 0.899. The Hall–Kier alpha value is -1.70. The van der Waals surface area contributed by atoms with Gasteiger partial charge < -0.3 is 21.3 Å². The number of aromatic hydroxyl groups is 1. The molecule has 5 nitrogen and oxygen atoms in total. The summed E-state index contributed by atoms with van der Waals surface area (Å²) in [4.78, 5) is 3.33. The fourth-order valence-electron chi connectivity index (χ4n) is 0.885. The molecule has 0 aliphatic heterocycles. The number of nitrogens with zero attached hydrogens (tertiary/aromatic N) is 1. The maximum Gasteiger partial charge on any atom is 0.574 e. The zero-order chi connectivity index (χ0) is 11.6. The van der Waals surface area contributed by atoms with Crippen molar-refractivity contribution in [3.63, 3.8) is 0 Å². The van der Waals surface area contributed by atoms with E-state index in [-0.39, 0.29) is 17.9 Å². The molecule has 15 heavy (non-hydrogen) atoms. The molecule has 0 aromatic carbocycles. The second kappa shape index (κ2) is 3.81. The Bertz CT molecular complexity index is 367. The maximum atomic E-state index is 11.8. The van der Waals surface area contributed by atoms with E-state index in [1.54, 1.807) is 0 Å². The Kier molecular flexibility index (Phi) is 2.89. The number of rotatable bonds is 2. The lowest BCUT2D eigenvalue weighted by molar-refractivity contribution is -0.276. The predicted molar refractivity (Wildman–Crippen MR) is 44.9 cm³/mol. The number of nitrogens with two attached hydrogens (primary N) is 2. The number of anilines is 1. The lowest BCUT2D eigenvalue weighted by atomic mass is 10.3. The van der Waals surface area contributed by atoms with E-state index in [1.165, 1.54) is 0 Å². The Balaban J connectivity index is 3.08. The summed E-state index contributed by atoms with van der Waals surface area (Å²) >= 11 is 0. The van der Waals surface area contributed by atoms with Crippen LogP contribution >= 0.6 is 0 Å². The van der Waals surface area contributed by atoms with Crippen LogP contribution < -0.4 is 16.2 Å². The molecule has 0 amide bonds. The molecule has 8 heteroatoms. The van der Waals surface area contributed by atoms with E-state index < -0.39 is 18.0 Å². The van der Waals surface area contributed by atoms with Crippen molar-refractivity contribution >= 4 is 5.69 Å². The van der Waals surface area contributed by atoms with Gasteiger partial charge in [-0.3, -0.25) is 0 Å². The van der Waals surface area contributed by atoms with Crippen LogP contribution in [0.25, 0.3) is 0 Å². The highest BCUT2D eigenvalue weighted by atomic mass is 19.4.